The number of amides is 4. The van der Waals surface area contributed by atoms with Crippen molar-refractivity contribution in [2.24, 2.45) is 5.92 Å². The number of anilines is 3. The highest BCUT2D eigenvalue weighted by Crippen LogP contribution is 2.46. The van der Waals surface area contributed by atoms with Crippen LogP contribution in [-0.2, 0) is 16.1 Å². The number of fused-ring (bicyclic) bond motifs is 1. The molecule has 0 bridgehead atoms. The highest BCUT2D eigenvalue weighted by atomic mass is 16.2. The molecule has 4 aromatic rings. The zero-order chi connectivity index (χ0) is 28.2. The van der Waals surface area contributed by atoms with Crippen LogP contribution in [0.2, 0.25) is 0 Å². The van der Waals surface area contributed by atoms with Gasteiger partial charge >= 0.3 is 6.03 Å². The van der Waals surface area contributed by atoms with Gasteiger partial charge in [0.05, 0.1) is 30.3 Å². The van der Waals surface area contributed by atoms with Crippen LogP contribution in [0.3, 0.4) is 0 Å². The number of hydrogen-bond donors (Lipinski definition) is 2. The molecule has 2 N–H and O–H groups in total. The maximum Gasteiger partial charge on any atom is 0.331 e. The van der Waals surface area contributed by atoms with Gasteiger partial charge in [-0.15, -0.1) is 0 Å². The number of imide groups is 1. The Morgan fingerprint density at radius 2 is 1.93 bits per heavy atom. The number of nitrogens with zero attached hydrogens (tertiary/aromatic N) is 8. The van der Waals surface area contributed by atoms with E-state index in [1.54, 1.807) is 12.4 Å². The van der Waals surface area contributed by atoms with Gasteiger partial charge in [0.25, 0.3) is 0 Å². The van der Waals surface area contributed by atoms with Crippen LogP contribution in [-0.4, -0.2) is 65.7 Å². The molecule has 3 aliphatic rings. The Balaban J connectivity index is 1.05. The van der Waals surface area contributed by atoms with Gasteiger partial charge in [-0.2, -0.15) is 0 Å². The summed E-state index contributed by atoms with van der Waals surface area (Å²) in [6.07, 6.45) is 11.7. The molecule has 2 saturated carbocycles. The Bertz CT molecular complexity index is 1710. The standard InChI is InChI=1S/C28H28N10O3/c1-15-5-6-30-25(32-15)19-8-20(19)27(40)35-23-11-29-10-22(34-23)31-9-18-13-37-12-17(16-3-4-16)7-21(26(37)33-18)38-14-24(39)36(2)28(38)41/h5-7,10-13,16,19-20H,3-4,8-9,14H2,1-2H3,(H2,31,34,35,40)/t19-,20-/m0/s1. The molecule has 1 aliphatic heterocycles. The lowest BCUT2D eigenvalue weighted by molar-refractivity contribution is -0.124. The third-order valence-electron chi connectivity index (χ3n) is 7.74. The zero-order valence-electron chi connectivity index (χ0n) is 22.6. The normalized spacial score (nSPS) is 20.1. The molecule has 13 heteroatoms. The van der Waals surface area contributed by atoms with Gasteiger partial charge in [0.1, 0.15) is 18.2 Å². The van der Waals surface area contributed by atoms with Crippen LogP contribution in [0.25, 0.3) is 5.65 Å². The first-order valence-electron chi connectivity index (χ1n) is 13.6. The molecule has 4 amide bonds. The molecule has 5 heterocycles. The molecule has 208 valence electrons. The van der Waals surface area contributed by atoms with Gasteiger partial charge in [-0.25, -0.2) is 24.7 Å². The van der Waals surface area contributed by atoms with E-state index in [4.69, 9.17) is 4.98 Å². The molecule has 2 atom stereocenters. The number of nitrogens with one attached hydrogen (secondary N) is 2. The molecular weight excluding hydrogens is 524 g/mol. The van der Waals surface area contributed by atoms with E-state index in [1.165, 1.54) is 18.1 Å². The lowest BCUT2D eigenvalue weighted by atomic mass is 10.1. The lowest BCUT2D eigenvalue weighted by Crippen LogP contribution is -2.30. The minimum atomic E-state index is -0.356. The van der Waals surface area contributed by atoms with Crippen molar-refractivity contribution in [3.63, 3.8) is 0 Å². The highest BCUT2D eigenvalue weighted by Gasteiger charge is 2.46. The summed E-state index contributed by atoms with van der Waals surface area (Å²) >= 11 is 0. The monoisotopic (exact) mass is 552 g/mol. The van der Waals surface area contributed by atoms with Crippen LogP contribution in [0.1, 0.15) is 53.9 Å². The Labute approximate surface area is 235 Å². The first-order chi connectivity index (χ1) is 19.8. The number of carbonyl (C=O) groups is 3. The van der Waals surface area contributed by atoms with E-state index in [-0.39, 0.29) is 36.2 Å². The van der Waals surface area contributed by atoms with Crippen molar-refractivity contribution in [2.75, 3.05) is 29.1 Å². The van der Waals surface area contributed by atoms with Crippen molar-refractivity contribution in [2.45, 2.75) is 44.6 Å². The number of hydrogen-bond acceptors (Lipinski definition) is 9. The maximum absolute atomic E-state index is 12.8. The molecule has 2 aliphatic carbocycles. The molecule has 0 spiro atoms. The number of aryl methyl sites for hydroxylation is 1. The maximum atomic E-state index is 12.8. The van der Waals surface area contributed by atoms with Crippen molar-refractivity contribution >= 4 is 40.8 Å². The average Bonchev–Trinajstić information content (AvgIpc) is 3.89. The number of carbonyl (C=O) groups excluding carboxylic acids is 3. The average molecular weight is 553 g/mol. The summed E-state index contributed by atoms with van der Waals surface area (Å²) < 4.78 is 1.92. The molecule has 0 radical (unpaired) electrons. The van der Waals surface area contributed by atoms with Crippen molar-refractivity contribution in [1.82, 2.24) is 34.2 Å². The van der Waals surface area contributed by atoms with Crippen LogP contribution in [0.15, 0.2) is 43.1 Å². The predicted octanol–water partition coefficient (Wildman–Crippen LogP) is 2.85. The molecular formula is C28H28N10O3. The van der Waals surface area contributed by atoms with Crippen molar-refractivity contribution in [1.29, 1.82) is 0 Å². The summed E-state index contributed by atoms with van der Waals surface area (Å²) in [5, 5.41) is 6.07. The molecule has 1 saturated heterocycles. The molecule has 0 aromatic carbocycles. The van der Waals surface area contributed by atoms with Crippen molar-refractivity contribution in [3.05, 3.63) is 65.9 Å². The van der Waals surface area contributed by atoms with E-state index in [0.717, 1.165) is 34.7 Å². The van der Waals surface area contributed by atoms with Gasteiger partial charge in [0.2, 0.25) is 11.8 Å². The van der Waals surface area contributed by atoms with E-state index in [0.29, 0.717) is 47.7 Å². The number of aromatic nitrogens is 6. The summed E-state index contributed by atoms with van der Waals surface area (Å²) in [4.78, 5) is 62.6. The fraction of sp³-hybridized carbons (Fsp3) is 0.357. The SMILES string of the molecule is Cc1ccnc([C@H]2C[C@@H]2C(=O)Nc2cncc(NCc3cn4cc(C5CC5)cc(N5CC(=O)N(C)C5=O)c4n3)n2)n1. The Morgan fingerprint density at radius 1 is 1.10 bits per heavy atom. The number of rotatable bonds is 8. The van der Waals surface area contributed by atoms with Crippen LogP contribution in [0.5, 0.6) is 0 Å². The summed E-state index contributed by atoms with van der Waals surface area (Å²) in [7, 11) is 1.49. The van der Waals surface area contributed by atoms with E-state index < -0.39 is 0 Å². The van der Waals surface area contributed by atoms with Crippen molar-refractivity contribution in [3.8, 4) is 0 Å². The minimum Gasteiger partial charge on any atom is -0.363 e. The van der Waals surface area contributed by atoms with E-state index in [2.05, 4.69) is 30.6 Å². The lowest BCUT2D eigenvalue weighted by Gasteiger charge is -2.17. The molecule has 4 aromatic heterocycles. The van der Waals surface area contributed by atoms with Gasteiger partial charge in [0, 0.05) is 43.2 Å². The summed E-state index contributed by atoms with van der Waals surface area (Å²) in [5.41, 5.74) is 3.96. The van der Waals surface area contributed by atoms with Crippen LogP contribution >= 0.6 is 0 Å². The molecule has 0 unspecified atom stereocenters. The van der Waals surface area contributed by atoms with Gasteiger partial charge in [-0.1, -0.05) is 0 Å². The third kappa shape index (κ3) is 4.83. The first kappa shape index (κ1) is 25.1. The summed E-state index contributed by atoms with van der Waals surface area (Å²) in [5.74, 6) is 1.42. The second-order valence-electron chi connectivity index (χ2n) is 10.9. The largest absolute Gasteiger partial charge is 0.363 e. The summed E-state index contributed by atoms with van der Waals surface area (Å²) in [6, 6.07) is 3.46. The van der Waals surface area contributed by atoms with Gasteiger partial charge < -0.3 is 15.0 Å². The second kappa shape index (κ2) is 9.61. The Kier molecular flexibility index (Phi) is 5.87. The number of pyridine rings is 1. The van der Waals surface area contributed by atoms with Crippen LogP contribution in [0.4, 0.5) is 22.1 Å². The highest BCUT2D eigenvalue weighted by molar-refractivity contribution is 6.13. The van der Waals surface area contributed by atoms with E-state index in [1.807, 2.05) is 35.9 Å². The smallest absolute Gasteiger partial charge is 0.331 e. The van der Waals surface area contributed by atoms with Gasteiger partial charge in [-0.3, -0.25) is 24.4 Å². The molecule has 13 nitrogen and oxygen atoms in total. The topological polar surface area (TPSA) is 151 Å². The Hall–Kier alpha value is -4.94. The number of imidazole rings is 1. The predicted molar refractivity (Wildman–Crippen MR) is 148 cm³/mol. The third-order valence-corrected chi connectivity index (χ3v) is 7.74. The fourth-order valence-corrected chi connectivity index (χ4v) is 5.19. The number of likely N-dealkylation sites (N-methyl/N-ethyl adjacent to an activating group) is 1. The molecule has 7 rings (SSSR count). The van der Waals surface area contributed by atoms with Crippen LogP contribution in [0, 0.1) is 12.8 Å². The first-order valence-corrected chi connectivity index (χ1v) is 13.6. The van der Waals surface area contributed by atoms with Gasteiger partial charge in [0.15, 0.2) is 11.5 Å². The number of urea groups is 1. The van der Waals surface area contributed by atoms with E-state index >= 15 is 0 Å². The van der Waals surface area contributed by atoms with Crippen LogP contribution < -0.4 is 15.5 Å². The summed E-state index contributed by atoms with van der Waals surface area (Å²) in [6.45, 7) is 2.24. The Morgan fingerprint density at radius 3 is 2.68 bits per heavy atom. The second-order valence-corrected chi connectivity index (χ2v) is 10.9. The molecule has 3 fully saturated rings. The van der Waals surface area contributed by atoms with Crippen molar-refractivity contribution < 1.29 is 14.4 Å². The van der Waals surface area contributed by atoms with Gasteiger partial charge in [-0.05, 0) is 49.8 Å². The minimum absolute atomic E-state index is 0.00667. The quantitative estimate of drug-likeness (QED) is 0.315. The zero-order valence-corrected chi connectivity index (χ0v) is 22.6. The molecule has 41 heavy (non-hydrogen) atoms. The van der Waals surface area contributed by atoms with E-state index in [9.17, 15) is 14.4 Å². The fourth-order valence-electron chi connectivity index (χ4n) is 5.19.